The Morgan fingerprint density at radius 3 is 2.62 bits per heavy atom. The molecule has 0 radical (unpaired) electrons. The number of ether oxygens (including phenoxy) is 1. The minimum absolute atomic E-state index is 0.536. The molecule has 3 aromatic carbocycles. The van der Waals surface area contributed by atoms with Crippen LogP contribution in [0.2, 0.25) is 5.02 Å². The molecule has 4 rings (SSSR count). The maximum atomic E-state index is 6.13. The lowest BCUT2D eigenvalue weighted by molar-refractivity contribution is 0.303. The van der Waals surface area contributed by atoms with Gasteiger partial charge in [-0.25, -0.2) is 4.98 Å². The van der Waals surface area contributed by atoms with Crippen molar-refractivity contribution in [3.63, 3.8) is 0 Å². The second kappa shape index (κ2) is 9.27. The van der Waals surface area contributed by atoms with Crippen LogP contribution in [0, 0.1) is 0 Å². The first kappa shape index (κ1) is 19.7. The Bertz CT molecular complexity index is 1080. The van der Waals surface area contributed by atoms with Crippen molar-refractivity contribution in [3.8, 4) is 5.75 Å². The normalized spacial score (nSPS) is 11.0. The zero-order chi connectivity index (χ0) is 20.1. The van der Waals surface area contributed by atoms with Crippen LogP contribution in [-0.4, -0.2) is 18.1 Å². The number of para-hydroxylation sites is 1. The summed E-state index contributed by atoms with van der Waals surface area (Å²) in [6.45, 7) is 2.47. The Labute approximate surface area is 179 Å². The number of anilines is 1. The van der Waals surface area contributed by atoms with Crippen molar-refractivity contribution in [1.29, 1.82) is 0 Å². The van der Waals surface area contributed by atoms with Gasteiger partial charge in [0.25, 0.3) is 0 Å². The van der Waals surface area contributed by atoms with Crippen molar-refractivity contribution in [2.75, 3.05) is 18.0 Å². The van der Waals surface area contributed by atoms with Crippen molar-refractivity contribution in [2.45, 2.75) is 13.2 Å². The summed E-state index contributed by atoms with van der Waals surface area (Å²) in [6.07, 6.45) is 0. The van der Waals surface area contributed by atoms with Crippen LogP contribution in [-0.2, 0) is 13.2 Å². The van der Waals surface area contributed by atoms with Crippen molar-refractivity contribution in [3.05, 3.63) is 88.9 Å². The summed E-state index contributed by atoms with van der Waals surface area (Å²) in [6, 6.07) is 24.1. The number of hydrogen-bond acceptors (Lipinski definition) is 5. The van der Waals surface area contributed by atoms with E-state index in [-0.39, 0.29) is 0 Å². The summed E-state index contributed by atoms with van der Waals surface area (Å²) in [5, 5.41) is 1.66. The quantitative estimate of drug-likeness (QED) is 0.407. The Morgan fingerprint density at radius 1 is 1.00 bits per heavy atom. The van der Waals surface area contributed by atoms with Crippen LogP contribution < -0.4 is 15.4 Å². The number of thiazole rings is 1. The van der Waals surface area contributed by atoms with Gasteiger partial charge in [0.2, 0.25) is 0 Å². The summed E-state index contributed by atoms with van der Waals surface area (Å²) in [5.74, 6) is 0.877. The van der Waals surface area contributed by atoms with Crippen molar-refractivity contribution in [1.82, 2.24) is 4.98 Å². The zero-order valence-electron chi connectivity index (χ0n) is 15.9. The Morgan fingerprint density at radius 2 is 1.79 bits per heavy atom. The maximum absolute atomic E-state index is 6.13. The van der Waals surface area contributed by atoms with Crippen LogP contribution in [0.1, 0.15) is 11.1 Å². The molecule has 0 amide bonds. The number of rotatable bonds is 8. The fourth-order valence-corrected chi connectivity index (χ4v) is 4.40. The van der Waals surface area contributed by atoms with Crippen LogP contribution in [0.5, 0.6) is 5.75 Å². The molecule has 0 spiro atoms. The molecule has 0 aliphatic heterocycles. The molecule has 148 valence electrons. The molecule has 0 bridgehead atoms. The van der Waals surface area contributed by atoms with Gasteiger partial charge in [0.15, 0.2) is 5.13 Å². The van der Waals surface area contributed by atoms with Gasteiger partial charge in [-0.2, -0.15) is 0 Å². The van der Waals surface area contributed by atoms with Crippen LogP contribution in [0.15, 0.2) is 72.8 Å². The molecule has 0 fully saturated rings. The first-order valence-corrected chi connectivity index (χ1v) is 10.7. The lowest BCUT2D eigenvalue weighted by atomic mass is 10.2. The lowest BCUT2D eigenvalue weighted by Crippen LogP contribution is -2.29. The molecule has 0 aliphatic carbocycles. The van der Waals surface area contributed by atoms with Crippen LogP contribution in [0.25, 0.3) is 10.2 Å². The number of nitrogens with two attached hydrogens (primary N) is 1. The summed E-state index contributed by atoms with van der Waals surface area (Å²) in [5.41, 5.74) is 9.09. The molecule has 0 saturated heterocycles. The van der Waals surface area contributed by atoms with E-state index in [0.717, 1.165) is 37.2 Å². The van der Waals surface area contributed by atoms with Gasteiger partial charge in [0.1, 0.15) is 12.4 Å². The molecular formula is C23H22ClN3OS. The second-order valence-corrected chi connectivity index (χ2v) is 8.15. The fourth-order valence-electron chi connectivity index (χ4n) is 3.14. The van der Waals surface area contributed by atoms with Crippen molar-refractivity contribution in [2.24, 2.45) is 5.73 Å². The first-order valence-electron chi connectivity index (χ1n) is 9.48. The van der Waals surface area contributed by atoms with E-state index >= 15 is 0 Å². The van der Waals surface area contributed by atoms with Crippen molar-refractivity contribution < 1.29 is 4.74 Å². The highest BCUT2D eigenvalue weighted by Gasteiger charge is 2.15. The minimum atomic E-state index is 0.536. The first-order chi connectivity index (χ1) is 14.2. The van der Waals surface area contributed by atoms with Gasteiger partial charge in [-0.05, 0) is 29.8 Å². The Balaban J connectivity index is 1.56. The van der Waals surface area contributed by atoms with E-state index in [0.29, 0.717) is 26.2 Å². The van der Waals surface area contributed by atoms with E-state index in [1.54, 1.807) is 11.3 Å². The summed E-state index contributed by atoms with van der Waals surface area (Å²) >= 11 is 7.76. The third-order valence-electron chi connectivity index (χ3n) is 4.58. The largest absolute Gasteiger partial charge is 0.489 e. The molecule has 1 heterocycles. The van der Waals surface area contributed by atoms with Gasteiger partial charge in [-0.3, -0.25) is 0 Å². The average molecular weight is 424 g/mol. The Hall–Kier alpha value is -2.60. The molecule has 0 saturated carbocycles. The van der Waals surface area contributed by atoms with Crippen molar-refractivity contribution >= 4 is 38.3 Å². The van der Waals surface area contributed by atoms with Gasteiger partial charge in [0.05, 0.1) is 10.2 Å². The predicted molar refractivity (Wildman–Crippen MR) is 122 cm³/mol. The van der Waals surface area contributed by atoms with E-state index in [2.05, 4.69) is 23.1 Å². The number of fused-ring (bicyclic) bond motifs is 1. The molecule has 2 N–H and O–H groups in total. The fraction of sp³-hybridized carbons (Fsp3) is 0.174. The molecule has 1 aromatic heterocycles. The third kappa shape index (κ3) is 4.88. The number of aromatic nitrogens is 1. The van der Waals surface area contributed by atoms with Gasteiger partial charge in [0, 0.05) is 30.2 Å². The molecule has 4 nitrogen and oxygen atoms in total. The predicted octanol–water partition coefficient (Wildman–Crippen LogP) is 5.49. The lowest BCUT2D eigenvalue weighted by Gasteiger charge is -2.22. The zero-order valence-corrected chi connectivity index (χ0v) is 17.5. The number of nitrogens with zero attached hydrogens (tertiary/aromatic N) is 2. The highest BCUT2D eigenvalue weighted by molar-refractivity contribution is 7.22. The summed E-state index contributed by atoms with van der Waals surface area (Å²) in [4.78, 5) is 6.98. The third-order valence-corrected chi connectivity index (χ3v) is 5.89. The molecular weight excluding hydrogens is 402 g/mol. The average Bonchev–Trinajstić information content (AvgIpc) is 3.16. The molecule has 0 atom stereocenters. The van der Waals surface area contributed by atoms with E-state index in [4.69, 9.17) is 27.1 Å². The second-order valence-electron chi connectivity index (χ2n) is 6.70. The van der Waals surface area contributed by atoms with Gasteiger partial charge in [-0.1, -0.05) is 71.5 Å². The standard InChI is InChI=1S/C23H22ClN3OS/c24-19-10-11-20-22(14-19)29-23(26-20)27(13-12-25)15-18-8-4-5-9-21(18)28-16-17-6-2-1-3-7-17/h1-11,14H,12-13,15-16,25H2. The highest BCUT2D eigenvalue weighted by Crippen LogP contribution is 2.32. The van der Waals surface area contributed by atoms with E-state index < -0.39 is 0 Å². The maximum Gasteiger partial charge on any atom is 0.186 e. The van der Waals surface area contributed by atoms with E-state index in [1.807, 2.05) is 54.6 Å². The summed E-state index contributed by atoms with van der Waals surface area (Å²) in [7, 11) is 0. The number of hydrogen-bond donors (Lipinski definition) is 1. The smallest absolute Gasteiger partial charge is 0.186 e. The number of benzene rings is 3. The van der Waals surface area contributed by atoms with Gasteiger partial charge in [-0.15, -0.1) is 0 Å². The molecule has 0 aliphatic rings. The topological polar surface area (TPSA) is 51.4 Å². The number of halogens is 1. The molecule has 0 unspecified atom stereocenters. The SMILES string of the molecule is NCCN(Cc1ccccc1OCc1ccccc1)c1nc2ccc(Cl)cc2s1. The van der Waals surface area contributed by atoms with Crippen LogP contribution in [0.4, 0.5) is 5.13 Å². The van der Waals surface area contributed by atoms with Gasteiger partial charge < -0.3 is 15.4 Å². The monoisotopic (exact) mass is 423 g/mol. The molecule has 4 aromatic rings. The van der Waals surface area contributed by atoms with Gasteiger partial charge >= 0.3 is 0 Å². The molecule has 29 heavy (non-hydrogen) atoms. The van der Waals surface area contributed by atoms with E-state index in [1.165, 1.54) is 0 Å². The van der Waals surface area contributed by atoms with E-state index in [9.17, 15) is 0 Å². The van der Waals surface area contributed by atoms with Crippen LogP contribution in [0.3, 0.4) is 0 Å². The summed E-state index contributed by atoms with van der Waals surface area (Å²) < 4.78 is 7.19. The Kier molecular flexibility index (Phi) is 6.30. The van der Waals surface area contributed by atoms with Crippen LogP contribution >= 0.6 is 22.9 Å². The molecule has 6 heteroatoms. The highest BCUT2D eigenvalue weighted by atomic mass is 35.5. The minimum Gasteiger partial charge on any atom is -0.489 e.